The van der Waals surface area contributed by atoms with Gasteiger partial charge in [0.05, 0.1) is 17.2 Å². The Morgan fingerprint density at radius 2 is 2.11 bits per heavy atom. The van der Waals surface area contributed by atoms with E-state index in [-0.39, 0.29) is 6.04 Å². The van der Waals surface area contributed by atoms with Crippen molar-refractivity contribution in [3.05, 3.63) is 34.0 Å². The van der Waals surface area contributed by atoms with Crippen LogP contribution in [0.1, 0.15) is 22.3 Å². The Labute approximate surface area is 160 Å². The molecule has 0 aliphatic rings. The monoisotopic (exact) mass is 403 g/mol. The lowest BCUT2D eigenvalue weighted by Gasteiger charge is -2.24. The lowest BCUT2D eigenvalue weighted by molar-refractivity contribution is -0.140. The number of nitrogens with zero attached hydrogens (tertiary/aromatic N) is 5. The smallest absolute Gasteiger partial charge is 0.356 e. The first-order valence-corrected chi connectivity index (χ1v) is 9.19. The zero-order valence-corrected chi connectivity index (χ0v) is 16.5. The summed E-state index contributed by atoms with van der Waals surface area (Å²) in [6.45, 7) is 1.04. The van der Waals surface area contributed by atoms with E-state index in [1.54, 1.807) is 11.7 Å². The molecule has 0 saturated carbocycles. The van der Waals surface area contributed by atoms with Crippen molar-refractivity contribution in [3.63, 3.8) is 0 Å². The summed E-state index contributed by atoms with van der Waals surface area (Å²) >= 11 is 1.01. The molecule has 0 aliphatic heterocycles. The molecule has 2 rings (SSSR count). The molecule has 0 aromatic carbocycles. The molecule has 7 nitrogen and oxygen atoms in total. The molecule has 0 amide bonds. The second-order valence-electron chi connectivity index (χ2n) is 6.18. The van der Waals surface area contributed by atoms with E-state index in [0.717, 1.165) is 22.3 Å². The maximum absolute atomic E-state index is 12.6. The molecule has 150 valence electrons. The highest BCUT2D eigenvalue weighted by Gasteiger charge is 2.33. The van der Waals surface area contributed by atoms with Crippen LogP contribution in [0.3, 0.4) is 0 Å². The fraction of sp³-hybridized carbons (Fsp3) is 0.562. The first kappa shape index (κ1) is 21.2. The van der Waals surface area contributed by atoms with E-state index in [9.17, 15) is 13.2 Å². The lowest BCUT2D eigenvalue weighted by Crippen LogP contribution is -2.42. The van der Waals surface area contributed by atoms with Gasteiger partial charge in [-0.25, -0.2) is 4.98 Å². The number of aryl methyl sites for hydroxylation is 1. The standard InChI is InChI=1S/C16H24F3N7S/c1-20-15(21-6-5-14-24-13(10-27-14)16(17,18)19)22-8-12(25(2)3)11-7-23-26(4)9-11/h7,9-10,12H,5-6,8H2,1-4H3,(H2,20,21,22). The lowest BCUT2D eigenvalue weighted by atomic mass is 10.1. The van der Waals surface area contributed by atoms with Gasteiger partial charge in [0, 0.05) is 50.7 Å². The minimum Gasteiger partial charge on any atom is -0.356 e. The minimum absolute atomic E-state index is 0.102. The van der Waals surface area contributed by atoms with E-state index >= 15 is 0 Å². The number of halogens is 3. The Balaban J connectivity index is 1.84. The molecule has 0 saturated heterocycles. The molecule has 0 bridgehead atoms. The van der Waals surface area contributed by atoms with Crippen LogP contribution in [0, 0.1) is 0 Å². The zero-order valence-electron chi connectivity index (χ0n) is 15.7. The molecule has 1 atom stereocenters. The Bertz CT molecular complexity index is 751. The normalized spacial score (nSPS) is 13.9. The van der Waals surface area contributed by atoms with Crippen LogP contribution in [0.4, 0.5) is 13.2 Å². The average molecular weight is 403 g/mol. The van der Waals surface area contributed by atoms with E-state index in [4.69, 9.17) is 0 Å². The van der Waals surface area contributed by atoms with Crippen LogP contribution in [0.5, 0.6) is 0 Å². The maximum Gasteiger partial charge on any atom is 0.434 e. The van der Waals surface area contributed by atoms with Crippen molar-refractivity contribution < 1.29 is 13.2 Å². The van der Waals surface area contributed by atoms with Gasteiger partial charge in [0.1, 0.15) is 0 Å². The third-order valence-electron chi connectivity index (χ3n) is 3.89. The number of alkyl halides is 3. The van der Waals surface area contributed by atoms with Crippen molar-refractivity contribution in [2.45, 2.75) is 18.6 Å². The summed E-state index contributed by atoms with van der Waals surface area (Å²) in [6.07, 6.45) is -0.221. The van der Waals surface area contributed by atoms with Gasteiger partial charge in [-0.1, -0.05) is 0 Å². The van der Waals surface area contributed by atoms with Gasteiger partial charge in [-0.2, -0.15) is 18.3 Å². The van der Waals surface area contributed by atoms with Gasteiger partial charge in [-0.15, -0.1) is 11.3 Å². The quantitative estimate of drug-likeness (QED) is 0.546. The molecule has 2 aromatic heterocycles. The molecule has 0 fully saturated rings. The Hall–Kier alpha value is -2.14. The largest absolute Gasteiger partial charge is 0.434 e. The molecule has 2 heterocycles. The zero-order chi connectivity index (χ0) is 20.0. The van der Waals surface area contributed by atoms with Gasteiger partial charge in [-0.3, -0.25) is 9.67 Å². The summed E-state index contributed by atoms with van der Waals surface area (Å²) in [7, 11) is 7.48. The van der Waals surface area contributed by atoms with Crippen molar-refractivity contribution in [3.8, 4) is 0 Å². The first-order valence-electron chi connectivity index (χ1n) is 8.31. The predicted molar refractivity (Wildman–Crippen MR) is 99.8 cm³/mol. The summed E-state index contributed by atoms with van der Waals surface area (Å²) < 4.78 is 39.5. The number of hydrogen-bond donors (Lipinski definition) is 2. The van der Waals surface area contributed by atoms with Gasteiger partial charge in [0.25, 0.3) is 0 Å². The van der Waals surface area contributed by atoms with Gasteiger partial charge >= 0.3 is 6.18 Å². The summed E-state index contributed by atoms with van der Waals surface area (Å²) in [5.74, 6) is 0.582. The fourth-order valence-electron chi connectivity index (χ4n) is 2.47. The van der Waals surface area contributed by atoms with Crippen LogP contribution in [0.2, 0.25) is 0 Å². The average Bonchev–Trinajstić information content (AvgIpc) is 3.22. The fourth-order valence-corrected chi connectivity index (χ4v) is 3.27. The van der Waals surface area contributed by atoms with Crippen LogP contribution in [0.25, 0.3) is 0 Å². The van der Waals surface area contributed by atoms with Crippen molar-refractivity contribution in [1.29, 1.82) is 0 Å². The second-order valence-corrected chi connectivity index (χ2v) is 7.12. The molecular weight excluding hydrogens is 379 g/mol. The number of likely N-dealkylation sites (N-methyl/N-ethyl adjacent to an activating group) is 1. The minimum atomic E-state index is -4.40. The highest BCUT2D eigenvalue weighted by atomic mass is 32.1. The molecule has 1 unspecified atom stereocenters. The van der Waals surface area contributed by atoms with Gasteiger partial charge in [-0.05, 0) is 14.1 Å². The van der Waals surface area contributed by atoms with E-state index < -0.39 is 11.9 Å². The van der Waals surface area contributed by atoms with Gasteiger partial charge < -0.3 is 15.5 Å². The number of nitrogens with one attached hydrogen (secondary N) is 2. The van der Waals surface area contributed by atoms with Crippen LogP contribution < -0.4 is 10.6 Å². The van der Waals surface area contributed by atoms with Crippen LogP contribution in [0.15, 0.2) is 22.8 Å². The van der Waals surface area contributed by atoms with Crippen LogP contribution in [-0.4, -0.2) is 59.9 Å². The molecule has 27 heavy (non-hydrogen) atoms. The van der Waals surface area contributed by atoms with Crippen molar-refractivity contribution in [2.75, 3.05) is 34.2 Å². The number of thiazole rings is 1. The Morgan fingerprint density at radius 1 is 1.37 bits per heavy atom. The number of rotatable bonds is 7. The molecule has 0 spiro atoms. The highest BCUT2D eigenvalue weighted by Crippen LogP contribution is 2.30. The number of aromatic nitrogens is 3. The third kappa shape index (κ3) is 6.21. The van der Waals surface area contributed by atoms with E-state index in [2.05, 4.69) is 30.6 Å². The maximum atomic E-state index is 12.6. The molecule has 0 aliphatic carbocycles. The van der Waals surface area contributed by atoms with Crippen molar-refractivity contribution in [2.24, 2.45) is 12.0 Å². The highest BCUT2D eigenvalue weighted by molar-refractivity contribution is 7.09. The molecular formula is C16H24F3N7S. The van der Waals surface area contributed by atoms with E-state index in [1.807, 2.05) is 33.5 Å². The van der Waals surface area contributed by atoms with E-state index in [1.165, 1.54) is 0 Å². The Morgan fingerprint density at radius 3 is 2.63 bits per heavy atom. The topological polar surface area (TPSA) is 70.4 Å². The number of hydrogen-bond acceptors (Lipinski definition) is 5. The number of aliphatic imine (C=N–C) groups is 1. The molecule has 2 aromatic rings. The first-order chi connectivity index (χ1) is 12.7. The van der Waals surface area contributed by atoms with Crippen LogP contribution >= 0.6 is 11.3 Å². The third-order valence-corrected chi connectivity index (χ3v) is 4.80. The summed E-state index contributed by atoms with van der Waals surface area (Å²) in [5, 5.41) is 12.0. The summed E-state index contributed by atoms with van der Waals surface area (Å²) in [4.78, 5) is 9.85. The van der Waals surface area contributed by atoms with Gasteiger partial charge in [0.15, 0.2) is 11.7 Å². The Kier molecular flexibility index (Phi) is 7.19. The second kappa shape index (κ2) is 9.18. The predicted octanol–water partition coefficient (Wildman–Crippen LogP) is 1.91. The van der Waals surface area contributed by atoms with Crippen LogP contribution in [-0.2, 0) is 19.6 Å². The molecule has 2 N–H and O–H groups in total. The molecule has 11 heteroatoms. The van der Waals surface area contributed by atoms with Crippen molar-refractivity contribution in [1.82, 2.24) is 30.3 Å². The van der Waals surface area contributed by atoms with Gasteiger partial charge in [0.2, 0.25) is 0 Å². The SMILES string of the molecule is CN=C(NCCc1nc(C(F)(F)F)cs1)NCC(c1cnn(C)c1)N(C)C. The summed E-state index contributed by atoms with van der Waals surface area (Å²) in [5.41, 5.74) is 0.239. The summed E-state index contributed by atoms with van der Waals surface area (Å²) in [6, 6.07) is 0.102. The number of guanidine groups is 1. The van der Waals surface area contributed by atoms with E-state index in [0.29, 0.717) is 30.5 Å². The molecule has 0 radical (unpaired) electrons. The van der Waals surface area contributed by atoms with Crippen molar-refractivity contribution >= 4 is 17.3 Å².